The molecule has 2 aromatic rings. The fraction of sp³-hybridized carbons (Fsp3) is 0.278. The number of benzene rings is 2. The zero-order valence-electron chi connectivity index (χ0n) is 12.4. The highest BCUT2D eigenvalue weighted by atomic mass is 19.1. The molecular formula is C18H20FNO. The molecule has 3 heteroatoms. The quantitative estimate of drug-likeness (QED) is 0.859. The van der Waals surface area contributed by atoms with Gasteiger partial charge in [0.05, 0.1) is 6.42 Å². The summed E-state index contributed by atoms with van der Waals surface area (Å²) in [6.45, 7) is 4.32. The van der Waals surface area contributed by atoms with Gasteiger partial charge in [0, 0.05) is 5.69 Å². The number of rotatable bonds is 5. The third kappa shape index (κ3) is 4.15. The molecule has 0 aliphatic heterocycles. The minimum absolute atomic E-state index is 0.0415. The normalized spacial score (nSPS) is 12.0. The second-order valence-electron chi connectivity index (χ2n) is 5.25. The monoisotopic (exact) mass is 285 g/mol. The van der Waals surface area contributed by atoms with E-state index in [1.165, 1.54) is 11.6 Å². The summed E-state index contributed by atoms with van der Waals surface area (Å²) in [6.07, 6.45) is 1.12. The van der Waals surface area contributed by atoms with Crippen LogP contribution in [0.25, 0.3) is 0 Å². The standard InChI is InChI=1S/C18H20FNO/c1-3-13(2)14-8-10-16(11-9-14)20-18(21)12-15-6-4-5-7-17(15)19/h4-11,13H,3,12H2,1-2H3,(H,20,21)/t13-/m0/s1. The van der Waals surface area contributed by atoms with Crippen LogP contribution in [0.5, 0.6) is 0 Å². The van der Waals surface area contributed by atoms with Gasteiger partial charge in [0.2, 0.25) is 5.91 Å². The summed E-state index contributed by atoms with van der Waals surface area (Å²) in [7, 11) is 0. The van der Waals surface area contributed by atoms with Crippen LogP contribution in [0.2, 0.25) is 0 Å². The Labute approximate surface area is 125 Å². The Balaban J connectivity index is 1.98. The van der Waals surface area contributed by atoms with Gasteiger partial charge in [-0.15, -0.1) is 0 Å². The van der Waals surface area contributed by atoms with E-state index in [1.807, 2.05) is 24.3 Å². The van der Waals surface area contributed by atoms with Crippen molar-refractivity contribution in [1.82, 2.24) is 0 Å². The molecule has 0 radical (unpaired) electrons. The fourth-order valence-corrected chi connectivity index (χ4v) is 2.15. The predicted molar refractivity (Wildman–Crippen MR) is 83.9 cm³/mol. The Morgan fingerprint density at radius 2 is 1.81 bits per heavy atom. The van der Waals surface area contributed by atoms with E-state index in [0.29, 0.717) is 11.5 Å². The maximum Gasteiger partial charge on any atom is 0.228 e. The first-order valence-electron chi connectivity index (χ1n) is 7.23. The van der Waals surface area contributed by atoms with Gasteiger partial charge in [0.25, 0.3) is 0 Å². The van der Waals surface area contributed by atoms with Crippen LogP contribution in [0.1, 0.15) is 37.3 Å². The molecule has 0 fully saturated rings. The maximum absolute atomic E-state index is 13.5. The molecule has 1 atom stereocenters. The lowest BCUT2D eigenvalue weighted by Gasteiger charge is -2.10. The van der Waals surface area contributed by atoms with Gasteiger partial charge in [0.1, 0.15) is 5.82 Å². The molecule has 0 aliphatic rings. The van der Waals surface area contributed by atoms with Crippen molar-refractivity contribution in [1.29, 1.82) is 0 Å². The second-order valence-corrected chi connectivity index (χ2v) is 5.25. The minimum atomic E-state index is -0.347. The number of anilines is 1. The molecule has 1 N–H and O–H groups in total. The number of carbonyl (C=O) groups is 1. The van der Waals surface area contributed by atoms with Crippen molar-refractivity contribution in [3.8, 4) is 0 Å². The van der Waals surface area contributed by atoms with Gasteiger partial charge < -0.3 is 5.32 Å². The summed E-state index contributed by atoms with van der Waals surface area (Å²) in [5.41, 5.74) is 2.40. The largest absolute Gasteiger partial charge is 0.326 e. The molecule has 0 spiro atoms. The Bertz CT molecular complexity index is 607. The highest BCUT2D eigenvalue weighted by Gasteiger charge is 2.08. The van der Waals surface area contributed by atoms with E-state index in [-0.39, 0.29) is 18.1 Å². The van der Waals surface area contributed by atoms with Gasteiger partial charge in [-0.25, -0.2) is 4.39 Å². The van der Waals surface area contributed by atoms with Crippen LogP contribution in [0.4, 0.5) is 10.1 Å². The van der Waals surface area contributed by atoms with Crippen molar-refractivity contribution in [3.63, 3.8) is 0 Å². The molecule has 0 saturated heterocycles. The van der Waals surface area contributed by atoms with Crippen molar-refractivity contribution < 1.29 is 9.18 Å². The number of carbonyl (C=O) groups excluding carboxylic acids is 1. The Morgan fingerprint density at radius 1 is 1.14 bits per heavy atom. The van der Waals surface area contributed by atoms with Gasteiger partial charge in [-0.1, -0.05) is 44.2 Å². The van der Waals surface area contributed by atoms with Gasteiger partial charge >= 0.3 is 0 Å². The van der Waals surface area contributed by atoms with Gasteiger partial charge in [0.15, 0.2) is 0 Å². The number of hydrogen-bond acceptors (Lipinski definition) is 1. The SMILES string of the molecule is CC[C@H](C)c1ccc(NC(=O)Cc2ccccc2F)cc1. The van der Waals surface area contributed by atoms with Gasteiger partial charge in [-0.2, -0.15) is 0 Å². The molecule has 0 bridgehead atoms. The van der Waals surface area contributed by atoms with Crippen molar-refractivity contribution in [2.24, 2.45) is 0 Å². The smallest absolute Gasteiger partial charge is 0.228 e. The third-order valence-corrected chi connectivity index (χ3v) is 3.68. The van der Waals surface area contributed by atoms with Crippen LogP contribution < -0.4 is 5.32 Å². The highest BCUT2D eigenvalue weighted by Crippen LogP contribution is 2.20. The summed E-state index contributed by atoms with van der Waals surface area (Å²) in [5, 5.41) is 2.80. The molecule has 1 amide bonds. The Kier molecular flexibility index (Phi) is 5.09. The molecular weight excluding hydrogens is 265 g/mol. The van der Waals surface area contributed by atoms with E-state index in [9.17, 15) is 9.18 Å². The summed E-state index contributed by atoms with van der Waals surface area (Å²) in [4.78, 5) is 11.9. The zero-order valence-corrected chi connectivity index (χ0v) is 12.4. The van der Waals surface area contributed by atoms with Crippen molar-refractivity contribution in [2.45, 2.75) is 32.6 Å². The Hall–Kier alpha value is -2.16. The highest BCUT2D eigenvalue weighted by molar-refractivity contribution is 5.92. The Morgan fingerprint density at radius 3 is 2.43 bits per heavy atom. The van der Waals surface area contributed by atoms with Crippen LogP contribution in [0.15, 0.2) is 48.5 Å². The average molecular weight is 285 g/mol. The van der Waals surface area contributed by atoms with Crippen molar-refractivity contribution in [3.05, 3.63) is 65.5 Å². The molecule has 2 rings (SSSR count). The first kappa shape index (κ1) is 15.2. The molecule has 0 heterocycles. The summed E-state index contributed by atoms with van der Waals surface area (Å²) < 4.78 is 13.5. The van der Waals surface area contributed by atoms with E-state index >= 15 is 0 Å². The molecule has 0 aliphatic carbocycles. The van der Waals surface area contributed by atoms with E-state index in [1.54, 1.807) is 18.2 Å². The molecule has 21 heavy (non-hydrogen) atoms. The predicted octanol–water partition coefficient (Wildman–Crippen LogP) is 4.52. The first-order valence-corrected chi connectivity index (χ1v) is 7.23. The summed E-state index contributed by atoms with van der Waals surface area (Å²) in [6, 6.07) is 14.2. The van der Waals surface area contributed by atoms with E-state index in [2.05, 4.69) is 19.2 Å². The molecule has 2 nitrogen and oxygen atoms in total. The molecule has 0 aromatic heterocycles. The molecule has 2 aromatic carbocycles. The van der Waals surface area contributed by atoms with Crippen LogP contribution in [0.3, 0.4) is 0 Å². The molecule has 110 valence electrons. The van der Waals surface area contributed by atoms with Crippen molar-refractivity contribution >= 4 is 11.6 Å². The van der Waals surface area contributed by atoms with Gasteiger partial charge in [-0.05, 0) is 41.7 Å². The number of halogens is 1. The summed E-state index contributed by atoms with van der Waals surface area (Å²) >= 11 is 0. The van der Waals surface area contributed by atoms with E-state index in [4.69, 9.17) is 0 Å². The molecule has 0 unspecified atom stereocenters. The fourth-order valence-electron chi connectivity index (χ4n) is 2.15. The first-order chi connectivity index (χ1) is 10.1. The number of nitrogens with one attached hydrogen (secondary N) is 1. The maximum atomic E-state index is 13.5. The molecule has 0 saturated carbocycles. The van der Waals surface area contributed by atoms with Crippen molar-refractivity contribution in [2.75, 3.05) is 5.32 Å². The lowest BCUT2D eigenvalue weighted by atomic mass is 9.98. The van der Waals surface area contributed by atoms with Crippen LogP contribution in [-0.4, -0.2) is 5.91 Å². The topological polar surface area (TPSA) is 29.1 Å². The average Bonchev–Trinajstić information content (AvgIpc) is 2.49. The number of amides is 1. The van der Waals surface area contributed by atoms with Gasteiger partial charge in [-0.3, -0.25) is 4.79 Å². The second kappa shape index (κ2) is 7.02. The van der Waals surface area contributed by atoms with E-state index < -0.39 is 0 Å². The van der Waals surface area contributed by atoms with E-state index in [0.717, 1.165) is 12.1 Å². The lowest BCUT2D eigenvalue weighted by Crippen LogP contribution is -2.15. The minimum Gasteiger partial charge on any atom is -0.326 e. The third-order valence-electron chi connectivity index (χ3n) is 3.68. The van der Waals surface area contributed by atoms with Crippen LogP contribution in [-0.2, 0) is 11.2 Å². The van der Waals surface area contributed by atoms with Crippen LogP contribution in [0, 0.1) is 5.82 Å². The zero-order chi connectivity index (χ0) is 15.2. The number of hydrogen-bond donors (Lipinski definition) is 1. The van der Waals surface area contributed by atoms with Crippen LogP contribution >= 0.6 is 0 Å². The summed E-state index contributed by atoms with van der Waals surface area (Å²) in [5.74, 6) is -0.0516. The lowest BCUT2D eigenvalue weighted by molar-refractivity contribution is -0.115.